The Morgan fingerprint density at radius 3 is 2.47 bits per heavy atom. The highest BCUT2D eigenvalue weighted by Crippen LogP contribution is 2.23. The number of carbonyl (C=O) groups excluding carboxylic acids is 1. The zero-order chi connectivity index (χ0) is 13.9. The van der Waals surface area contributed by atoms with Crippen molar-refractivity contribution in [1.82, 2.24) is 10.3 Å². The maximum absolute atomic E-state index is 11.9. The fourth-order valence-corrected chi connectivity index (χ4v) is 1.95. The van der Waals surface area contributed by atoms with Crippen LogP contribution in [0.4, 0.5) is 0 Å². The molecule has 0 aliphatic rings. The van der Waals surface area contributed by atoms with E-state index in [0.29, 0.717) is 16.5 Å². The number of carbonyl (C=O) groups is 1. The summed E-state index contributed by atoms with van der Waals surface area (Å²) in [4.78, 5) is 16.0. The van der Waals surface area contributed by atoms with Crippen LogP contribution in [-0.2, 0) is 0 Å². The molecular weight excluding hydrogens is 260 g/mol. The van der Waals surface area contributed by atoms with E-state index in [9.17, 15) is 4.79 Å². The highest BCUT2D eigenvalue weighted by molar-refractivity contribution is 7.11. The molecule has 19 heavy (non-hydrogen) atoms. The Balaban J connectivity index is 2.04. The molecule has 0 aliphatic heterocycles. The zero-order valence-corrected chi connectivity index (χ0v) is 12.0. The van der Waals surface area contributed by atoms with Gasteiger partial charge in [-0.3, -0.25) is 4.79 Å². The highest BCUT2D eigenvalue weighted by Gasteiger charge is 2.15. The third-order valence-corrected chi connectivity index (χ3v) is 2.87. The van der Waals surface area contributed by atoms with E-state index in [1.54, 1.807) is 30.5 Å². The maximum atomic E-state index is 11.9. The number of nitrogens with one attached hydrogen (secondary N) is 1. The van der Waals surface area contributed by atoms with Crippen molar-refractivity contribution in [2.24, 2.45) is 0 Å². The van der Waals surface area contributed by atoms with Crippen LogP contribution in [0.5, 0.6) is 10.9 Å². The monoisotopic (exact) mass is 276 g/mol. The summed E-state index contributed by atoms with van der Waals surface area (Å²) in [5.74, 6) is 0.579. The second-order valence-electron chi connectivity index (χ2n) is 5.13. The molecule has 100 valence electrons. The minimum atomic E-state index is -0.243. The van der Waals surface area contributed by atoms with E-state index in [0.717, 1.165) is 0 Å². The third-order valence-electron chi connectivity index (χ3n) is 2.22. The smallest absolute Gasteiger partial charge is 0.278 e. The first-order valence-corrected chi connectivity index (χ1v) is 6.82. The molecule has 0 unspecified atom stereocenters. The Labute approximate surface area is 116 Å². The average molecular weight is 276 g/mol. The number of benzene rings is 1. The summed E-state index contributed by atoms with van der Waals surface area (Å²) >= 11 is 1.42. The van der Waals surface area contributed by atoms with Gasteiger partial charge in [-0.15, -0.1) is 0 Å². The molecule has 0 atom stereocenters. The summed E-state index contributed by atoms with van der Waals surface area (Å²) in [6.07, 6.45) is 1.69. The van der Waals surface area contributed by atoms with Gasteiger partial charge < -0.3 is 10.1 Å². The minimum absolute atomic E-state index is 0.0895. The summed E-state index contributed by atoms with van der Waals surface area (Å²) in [5, 5.41) is 5.35. The molecule has 4 nitrogen and oxygen atoms in total. The van der Waals surface area contributed by atoms with Gasteiger partial charge in [0.15, 0.2) is 0 Å². The van der Waals surface area contributed by atoms with E-state index in [1.165, 1.54) is 11.3 Å². The Morgan fingerprint density at radius 2 is 1.95 bits per heavy atom. The predicted molar refractivity (Wildman–Crippen MR) is 75.8 cm³/mol. The average Bonchev–Trinajstić information content (AvgIpc) is 2.80. The molecule has 0 radical (unpaired) electrons. The van der Waals surface area contributed by atoms with Gasteiger partial charge in [0, 0.05) is 22.7 Å². The lowest BCUT2D eigenvalue weighted by Gasteiger charge is -2.20. The molecule has 0 bridgehead atoms. The fraction of sp³-hybridized carbons (Fsp3) is 0.286. The van der Waals surface area contributed by atoms with E-state index in [1.807, 2.05) is 26.2 Å². The molecule has 0 saturated carbocycles. The number of aromatic nitrogens is 1. The van der Waals surface area contributed by atoms with Crippen molar-refractivity contribution in [3.8, 4) is 10.9 Å². The first-order valence-electron chi connectivity index (χ1n) is 5.94. The molecule has 1 N–H and O–H groups in total. The van der Waals surface area contributed by atoms with Crippen LogP contribution in [0.15, 0.2) is 35.8 Å². The largest absolute Gasteiger partial charge is 0.431 e. The number of hydrogen-bond donors (Lipinski definition) is 1. The van der Waals surface area contributed by atoms with Gasteiger partial charge in [0.1, 0.15) is 5.75 Å². The van der Waals surface area contributed by atoms with Crippen LogP contribution < -0.4 is 10.1 Å². The minimum Gasteiger partial charge on any atom is -0.431 e. The first kappa shape index (κ1) is 13.5. The zero-order valence-electron chi connectivity index (χ0n) is 11.1. The van der Waals surface area contributed by atoms with E-state index in [4.69, 9.17) is 4.74 Å². The molecule has 2 aromatic rings. The number of amides is 1. The van der Waals surface area contributed by atoms with Crippen molar-refractivity contribution in [2.75, 3.05) is 0 Å². The third kappa shape index (κ3) is 4.06. The van der Waals surface area contributed by atoms with Gasteiger partial charge in [0.25, 0.3) is 11.1 Å². The summed E-state index contributed by atoms with van der Waals surface area (Å²) < 4.78 is 5.53. The number of rotatable bonds is 3. The van der Waals surface area contributed by atoms with Crippen molar-refractivity contribution in [1.29, 1.82) is 0 Å². The Morgan fingerprint density at radius 1 is 1.26 bits per heavy atom. The summed E-state index contributed by atoms with van der Waals surface area (Å²) in [5.41, 5.74) is 0.370. The number of thiazole rings is 1. The summed E-state index contributed by atoms with van der Waals surface area (Å²) in [6.45, 7) is 5.85. The van der Waals surface area contributed by atoms with Crippen LogP contribution in [0.25, 0.3) is 0 Å². The second kappa shape index (κ2) is 5.40. The van der Waals surface area contributed by atoms with E-state index >= 15 is 0 Å². The standard InChI is InChI=1S/C14H16N2O2S/c1-14(2,3)16-12(17)10-4-6-11(7-5-10)18-13-15-8-9-19-13/h4-9H,1-3H3,(H,16,17). The molecule has 0 fully saturated rings. The Bertz CT molecular complexity index is 542. The van der Waals surface area contributed by atoms with Crippen LogP contribution >= 0.6 is 11.3 Å². The van der Waals surface area contributed by atoms with Crippen molar-refractivity contribution in [2.45, 2.75) is 26.3 Å². The second-order valence-corrected chi connectivity index (χ2v) is 5.99. The first-order chi connectivity index (χ1) is 8.94. The Kier molecular flexibility index (Phi) is 3.85. The molecule has 5 heteroatoms. The molecule has 1 aromatic heterocycles. The molecule has 1 amide bonds. The van der Waals surface area contributed by atoms with Gasteiger partial charge in [-0.1, -0.05) is 11.3 Å². The van der Waals surface area contributed by atoms with Gasteiger partial charge in [-0.25, -0.2) is 4.98 Å². The molecule has 0 aliphatic carbocycles. The van der Waals surface area contributed by atoms with Gasteiger partial charge in [0.05, 0.1) is 0 Å². The summed E-state index contributed by atoms with van der Waals surface area (Å²) in [7, 11) is 0. The molecule has 0 saturated heterocycles. The lowest BCUT2D eigenvalue weighted by molar-refractivity contribution is 0.0919. The quantitative estimate of drug-likeness (QED) is 0.934. The molecule has 2 rings (SSSR count). The Hall–Kier alpha value is -1.88. The van der Waals surface area contributed by atoms with Crippen molar-refractivity contribution >= 4 is 17.2 Å². The van der Waals surface area contributed by atoms with Crippen LogP contribution in [0.1, 0.15) is 31.1 Å². The fourth-order valence-electron chi connectivity index (χ4n) is 1.45. The van der Waals surface area contributed by atoms with Crippen LogP contribution in [0, 0.1) is 0 Å². The lowest BCUT2D eigenvalue weighted by Crippen LogP contribution is -2.40. The van der Waals surface area contributed by atoms with E-state index in [2.05, 4.69) is 10.3 Å². The van der Waals surface area contributed by atoms with Crippen molar-refractivity contribution in [3.63, 3.8) is 0 Å². The molecule has 1 aromatic carbocycles. The maximum Gasteiger partial charge on any atom is 0.278 e. The predicted octanol–water partition coefficient (Wildman–Crippen LogP) is 3.46. The van der Waals surface area contributed by atoms with Crippen LogP contribution in [0.3, 0.4) is 0 Å². The molecule has 1 heterocycles. The van der Waals surface area contributed by atoms with Gasteiger partial charge in [0.2, 0.25) is 0 Å². The molecular formula is C14H16N2O2S. The number of hydrogen-bond acceptors (Lipinski definition) is 4. The topological polar surface area (TPSA) is 51.2 Å². The van der Waals surface area contributed by atoms with Gasteiger partial charge in [-0.05, 0) is 45.0 Å². The molecule has 0 spiro atoms. The summed E-state index contributed by atoms with van der Waals surface area (Å²) in [6, 6.07) is 7.01. The van der Waals surface area contributed by atoms with Gasteiger partial charge in [-0.2, -0.15) is 0 Å². The van der Waals surface area contributed by atoms with E-state index < -0.39 is 0 Å². The lowest BCUT2D eigenvalue weighted by atomic mass is 10.1. The number of ether oxygens (including phenoxy) is 1. The van der Waals surface area contributed by atoms with Crippen molar-refractivity contribution < 1.29 is 9.53 Å². The van der Waals surface area contributed by atoms with Crippen LogP contribution in [0.2, 0.25) is 0 Å². The van der Waals surface area contributed by atoms with Crippen LogP contribution in [-0.4, -0.2) is 16.4 Å². The SMILES string of the molecule is CC(C)(C)NC(=O)c1ccc(Oc2nccs2)cc1. The van der Waals surface area contributed by atoms with Gasteiger partial charge >= 0.3 is 0 Å². The van der Waals surface area contributed by atoms with Crippen molar-refractivity contribution in [3.05, 3.63) is 41.4 Å². The number of nitrogens with zero attached hydrogens (tertiary/aromatic N) is 1. The normalized spacial score (nSPS) is 11.1. The highest BCUT2D eigenvalue weighted by atomic mass is 32.1. The van der Waals surface area contributed by atoms with E-state index in [-0.39, 0.29) is 11.4 Å².